The summed E-state index contributed by atoms with van der Waals surface area (Å²) in [6.45, 7) is 5.71. The fraction of sp³-hybridized carbons (Fsp3) is 0.636. The van der Waals surface area contributed by atoms with Crippen LogP contribution in [0.4, 0.5) is 0 Å². The average Bonchev–Trinajstić information content (AvgIpc) is 2.66. The zero-order valence-electron chi connectivity index (χ0n) is 9.77. The van der Waals surface area contributed by atoms with Crippen molar-refractivity contribution in [2.24, 2.45) is 5.92 Å². The van der Waals surface area contributed by atoms with Gasteiger partial charge in [-0.2, -0.15) is 0 Å². The molecule has 16 heavy (non-hydrogen) atoms. The molecule has 5 nitrogen and oxygen atoms in total. The molecule has 90 valence electrons. The molecule has 0 bridgehead atoms. The van der Waals surface area contributed by atoms with E-state index in [9.17, 15) is 4.79 Å². The number of hydrogen-bond donors (Lipinski definition) is 1. The van der Waals surface area contributed by atoms with E-state index in [1.807, 2.05) is 13.8 Å². The normalized spacial score (nSPS) is 12.8. The molecule has 1 heterocycles. The summed E-state index contributed by atoms with van der Waals surface area (Å²) in [5.41, 5.74) is 0.421. The molecule has 0 fully saturated rings. The first-order valence-corrected chi connectivity index (χ1v) is 5.33. The number of carbonyl (C=O) groups excluding carboxylic acids is 1. The lowest BCUT2D eigenvalue weighted by molar-refractivity contribution is -0.146. The molecule has 0 aliphatic rings. The van der Waals surface area contributed by atoms with E-state index < -0.39 is 5.92 Å². The summed E-state index contributed by atoms with van der Waals surface area (Å²) in [6, 6.07) is 1.58. The lowest BCUT2D eigenvalue weighted by atomic mass is 9.93. The molecule has 1 N–H and O–H groups in total. The molecule has 0 spiro atoms. The average molecular weight is 227 g/mol. The van der Waals surface area contributed by atoms with Crippen LogP contribution in [0.25, 0.3) is 0 Å². The highest BCUT2D eigenvalue weighted by molar-refractivity contribution is 5.77. The summed E-state index contributed by atoms with van der Waals surface area (Å²) in [7, 11) is 0. The third-order valence-electron chi connectivity index (χ3n) is 2.25. The highest BCUT2D eigenvalue weighted by Crippen LogP contribution is 2.26. The fourth-order valence-electron chi connectivity index (χ4n) is 1.50. The molecule has 0 aliphatic heterocycles. The summed E-state index contributed by atoms with van der Waals surface area (Å²) < 4.78 is 10.0. The van der Waals surface area contributed by atoms with Crippen molar-refractivity contribution in [3.8, 4) is 0 Å². The number of esters is 1. The lowest BCUT2D eigenvalue weighted by Crippen LogP contribution is -2.20. The van der Waals surface area contributed by atoms with Crippen LogP contribution >= 0.6 is 0 Å². The van der Waals surface area contributed by atoms with E-state index in [2.05, 4.69) is 5.16 Å². The molecule has 1 rings (SSSR count). The van der Waals surface area contributed by atoms with E-state index in [1.54, 1.807) is 13.0 Å². The second-order valence-corrected chi connectivity index (χ2v) is 3.85. The Balaban J connectivity index is 2.89. The first-order valence-electron chi connectivity index (χ1n) is 5.33. The number of aromatic nitrogens is 1. The summed E-state index contributed by atoms with van der Waals surface area (Å²) in [6.07, 6.45) is 0. The standard InChI is InChI=1S/C11H17NO4/c1-4-15-11(14)10(7(2)3)9-5-8(6-13)12-16-9/h5,7,10,13H,4,6H2,1-3H3. The lowest BCUT2D eigenvalue weighted by Gasteiger charge is -2.15. The number of carbonyl (C=O) groups is 1. The smallest absolute Gasteiger partial charge is 0.317 e. The number of ether oxygens (including phenoxy) is 1. The predicted molar refractivity (Wildman–Crippen MR) is 56.6 cm³/mol. The Bertz CT molecular complexity index is 346. The van der Waals surface area contributed by atoms with Crippen LogP contribution in [-0.4, -0.2) is 22.8 Å². The summed E-state index contributed by atoms with van der Waals surface area (Å²) >= 11 is 0. The Kier molecular flexibility index (Phi) is 4.49. The van der Waals surface area contributed by atoms with Crippen molar-refractivity contribution in [1.82, 2.24) is 5.16 Å². The molecular weight excluding hydrogens is 210 g/mol. The molecular formula is C11H17NO4. The second kappa shape index (κ2) is 5.65. The number of nitrogens with zero attached hydrogens (tertiary/aromatic N) is 1. The molecule has 5 heteroatoms. The molecule has 1 atom stereocenters. The maximum atomic E-state index is 11.7. The topological polar surface area (TPSA) is 72.6 Å². The quantitative estimate of drug-likeness (QED) is 0.771. The minimum absolute atomic E-state index is 0.0542. The van der Waals surface area contributed by atoms with Gasteiger partial charge in [0.2, 0.25) is 0 Å². The Morgan fingerprint density at radius 2 is 2.31 bits per heavy atom. The van der Waals surface area contributed by atoms with Gasteiger partial charge in [0.25, 0.3) is 0 Å². The van der Waals surface area contributed by atoms with Gasteiger partial charge in [0.1, 0.15) is 11.6 Å². The molecule has 0 amide bonds. The van der Waals surface area contributed by atoms with Gasteiger partial charge in [0, 0.05) is 6.07 Å². The molecule has 1 aromatic rings. The molecule has 1 aromatic heterocycles. The van der Waals surface area contributed by atoms with Crippen LogP contribution in [0.2, 0.25) is 0 Å². The largest absolute Gasteiger partial charge is 0.465 e. The van der Waals surface area contributed by atoms with Gasteiger partial charge in [0.05, 0.1) is 13.2 Å². The molecule has 0 saturated carbocycles. The van der Waals surface area contributed by atoms with Gasteiger partial charge in [-0.05, 0) is 12.8 Å². The molecule has 0 aliphatic carbocycles. The SMILES string of the molecule is CCOC(=O)C(c1cc(CO)no1)C(C)C. The first-order chi connectivity index (χ1) is 7.60. The van der Waals surface area contributed by atoms with E-state index in [1.165, 1.54) is 0 Å². The van der Waals surface area contributed by atoms with Crippen molar-refractivity contribution in [1.29, 1.82) is 0 Å². The highest BCUT2D eigenvalue weighted by atomic mass is 16.5. The van der Waals surface area contributed by atoms with Gasteiger partial charge in [-0.25, -0.2) is 0 Å². The van der Waals surface area contributed by atoms with Crippen LogP contribution in [0.5, 0.6) is 0 Å². The third-order valence-corrected chi connectivity index (χ3v) is 2.25. The number of hydrogen-bond acceptors (Lipinski definition) is 5. The zero-order chi connectivity index (χ0) is 12.1. The molecule has 0 saturated heterocycles. The van der Waals surface area contributed by atoms with Crippen molar-refractivity contribution < 1.29 is 19.2 Å². The molecule has 1 unspecified atom stereocenters. The number of rotatable bonds is 5. The Hall–Kier alpha value is -1.36. The summed E-state index contributed by atoms with van der Waals surface area (Å²) in [5.74, 6) is -0.290. The first kappa shape index (κ1) is 12.7. The molecule has 0 radical (unpaired) electrons. The third kappa shape index (κ3) is 2.82. The van der Waals surface area contributed by atoms with Crippen LogP contribution in [0, 0.1) is 5.92 Å². The summed E-state index contributed by atoms with van der Waals surface area (Å²) in [4.78, 5) is 11.7. The highest BCUT2D eigenvalue weighted by Gasteiger charge is 2.29. The van der Waals surface area contributed by atoms with Gasteiger partial charge >= 0.3 is 5.97 Å². The van der Waals surface area contributed by atoms with Gasteiger partial charge in [-0.1, -0.05) is 19.0 Å². The second-order valence-electron chi connectivity index (χ2n) is 3.85. The van der Waals surface area contributed by atoms with Crippen LogP contribution in [0.3, 0.4) is 0 Å². The number of aliphatic hydroxyl groups is 1. The Morgan fingerprint density at radius 1 is 1.62 bits per heavy atom. The fourth-order valence-corrected chi connectivity index (χ4v) is 1.50. The van der Waals surface area contributed by atoms with Crippen LogP contribution < -0.4 is 0 Å². The van der Waals surface area contributed by atoms with E-state index in [0.717, 1.165) is 0 Å². The van der Waals surface area contributed by atoms with Crippen molar-refractivity contribution in [2.75, 3.05) is 6.61 Å². The van der Waals surface area contributed by atoms with Crippen LogP contribution in [-0.2, 0) is 16.1 Å². The van der Waals surface area contributed by atoms with E-state index in [4.69, 9.17) is 14.4 Å². The maximum Gasteiger partial charge on any atom is 0.317 e. The van der Waals surface area contributed by atoms with Gasteiger partial charge < -0.3 is 14.4 Å². The minimum atomic E-state index is -0.465. The van der Waals surface area contributed by atoms with E-state index in [0.29, 0.717) is 18.1 Å². The van der Waals surface area contributed by atoms with Crippen LogP contribution in [0.1, 0.15) is 38.1 Å². The van der Waals surface area contributed by atoms with Crippen molar-refractivity contribution in [2.45, 2.75) is 33.3 Å². The number of aliphatic hydroxyl groups excluding tert-OH is 1. The predicted octanol–water partition coefficient (Wildman–Crippen LogP) is 1.47. The Labute approximate surface area is 94.4 Å². The monoisotopic (exact) mass is 227 g/mol. The van der Waals surface area contributed by atoms with Gasteiger partial charge in [-0.15, -0.1) is 0 Å². The molecule has 0 aromatic carbocycles. The van der Waals surface area contributed by atoms with Crippen molar-refractivity contribution in [3.05, 3.63) is 17.5 Å². The van der Waals surface area contributed by atoms with Crippen molar-refractivity contribution in [3.63, 3.8) is 0 Å². The Morgan fingerprint density at radius 3 is 2.75 bits per heavy atom. The zero-order valence-corrected chi connectivity index (χ0v) is 9.77. The van der Waals surface area contributed by atoms with Crippen LogP contribution in [0.15, 0.2) is 10.6 Å². The summed E-state index contributed by atoms with van der Waals surface area (Å²) in [5, 5.41) is 12.5. The minimum Gasteiger partial charge on any atom is -0.465 e. The van der Waals surface area contributed by atoms with Gasteiger partial charge in [0.15, 0.2) is 5.76 Å². The van der Waals surface area contributed by atoms with E-state index in [-0.39, 0.29) is 18.5 Å². The van der Waals surface area contributed by atoms with Crippen molar-refractivity contribution >= 4 is 5.97 Å². The van der Waals surface area contributed by atoms with E-state index >= 15 is 0 Å². The van der Waals surface area contributed by atoms with Gasteiger partial charge in [-0.3, -0.25) is 4.79 Å². The maximum absolute atomic E-state index is 11.7.